The second-order valence-corrected chi connectivity index (χ2v) is 8.02. The molecule has 1 amide bonds. The van der Waals surface area contributed by atoms with Crippen LogP contribution in [0.4, 0.5) is 5.69 Å². The molecule has 0 spiro atoms. The third-order valence-corrected chi connectivity index (χ3v) is 5.45. The van der Waals surface area contributed by atoms with Crippen molar-refractivity contribution in [1.82, 2.24) is 4.72 Å². The van der Waals surface area contributed by atoms with Crippen molar-refractivity contribution in [2.75, 3.05) is 11.9 Å². The van der Waals surface area contributed by atoms with E-state index in [4.69, 9.17) is 9.15 Å². The lowest BCUT2D eigenvalue weighted by Gasteiger charge is -2.08. The number of benzene rings is 2. The molecule has 0 aliphatic carbocycles. The van der Waals surface area contributed by atoms with Crippen LogP contribution in [-0.4, -0.2) is 20.9 Å². The maximum Gasteiger partial charge on any atom is 0.248 e. The van der Waals surface area contributed by atoms with Gasteiger partial charge < -0.3 is 14.5 Å². The quantitative estimate of drug-likeness (QED) is 0.507. The highest BCUT2D eigenvalue weighted by Gasteiger charge is 2.15. The van der Waals surface area contributed by atoms with E-state index in [-0.39, 0.29) is 17.3 Å². The van der Waals surface area contributed by atoms with E-state index in [2.05, 4.69) is 10.0 Å². The summed E-state index contributed by atoms with van der Waals surface area (Å²) in [5, 5.41) is 2.66. The van der Waals surface area contributed by atoms with Crippen LogP contribution in [-0.2, 0) is 21.4 Å². The molecule has 0 fully saturated rings. The molecule has 3 aromatic rings. The van der Waals surface area contributed by atoms with Crippen molar-refractivity contribution in [2.24, 2.45) is 0 Å². The van der Waals surface area contributed by atoms with Crippen LogP contribution in [0.15, 0.2) is 82.3 Å². The van der Waals surface area contributed by atoms with Gasteiger partial charge in [0.1, 0.15) is 11.5 Å². The number of carbonyl (C=O) groups excluding carboxylic acids is 1. The molecule has 1 heterocycles. The predicted molar refractivity (Wildman–Crippen MR) is 114 cm³/mol. The summed E-state index contributed by atoms with van der Waals surface area (Å²) in [6.45, 7) is 2.54. The molecule has 30 heavy (non-hydrogen) atoms. The lowest BCUT2D eigenvalue weighted by molar-refractivity contribution is -0.111. The van der Waals surface area contributed by atoms with Gasteiger partial charge in [0.05, 0.1) is 24.3 Å². The Bertz CT molecular complexity index is 1100. The number of furan rings is 1. The van der Waals surface area contributed by atoms with Crippen LogP contribution < -0.4 is 14.8 Å². The summed E-state index contributed by atoms with van der Waals surface area (Å²) in [4.78, 5) is 12.2. The van der Waals surface area contributed by atoms with Crippen LogP contribution in [0.3, 0.4) is 0 Å². The van der Waals surface area contributed by atoms with Gasteiger partial charge >= 0.3 is 0 Å². The molecule has 2 N–H and O–H groups in total. The Labute approximate surface area is 175 Å². The van der Waals surface area contributed by atoms with Gasteiger partial charge in [0.25, 0.3) is 0 Å². The monoisotopic (exact) mass is 426 g/mol. The van der Waals surface area contributed by atoms with Crippen molar-refractivity contribution in [3.05, 3.63) is 84.3 Å². The fourth-order valence-corrected chi connectivity index (χ4v) is 3.64. The van der Waals surface area contributed by atoms with Crippen LogP contribution in [0.25, 0.3) is 6.08 Å². The van der Waals surface area contributed by atoms with Crippen LogP contribution in [0.1, 0.15) is 18.2 Å². The van der Waals surface area contributed by atoms with E-state index in [1.807, 2.05) is 31.2 Å². The number of ether oxygens (including phenoxy) is 1. The summed E-state index contributed by atoms with van der Waals surface area (Å²) in [6, 6.07) is 16.7. The van der Waals surface area contributed by atoms with E-state index >= 15 is 0 Å². The zero-order valence-electron chi connectivity index (χ0n) is 16.4. The molecule has 1 aromatic heterocycles. The Kier molecular flexibility index (Phi) is 7.05. The summed E-state index contributed by atoms with van der Waals surface area (Å²) in [5.74, 6) is 0.891. The van der Waals surface area contributed by atoms with Crippen molar-refractivity contribution >= 4 is 27.7 Å². The summed E-state index contributed by atoms with van der Waals surface area (Å²) in [5.41, 5.74) is 1.21. The lowest BCUT2D eigenvalue weighted by Crippen LogP contribution is -2.23. The SMILES string of the molecule is CCOc1ccc(/C=C/C(=O)Nc2cccc(S(=O)(=O)NCc3ccco3)c2)cc1. The molecule has 7 nitrogen and oxygen atoms in total. The first-order valence-electron chi connectivity index (χ1n) is 9.30. The summed E-state index contributed by atoms with van der Waals surface area (Å²) in [7, 11) is -3.75. The van der Waals surface area contributed by atoms with Gasteiger partial charge in [-0.3, -0.25) is 4.79 Å². The molecule has 0 saturated carbocycles. The Morgan fingerprint density at radius 2 is 1.90 bits per heavy atom. The van der Waals surface area contributed by atoms with Crippen molar-refractivity contribution < 1.29 is 22.4 Å². The number of nitrogens with one attached hydrogen (secondary N) is 2. The Morgan fingerprint density at radius 1 is 1.10 bits per heavy atom. The predicted octanol–water partition coefficient (Wildman–Crippen LogP) is 3.81. The summed E-state index contributed by atoms with van der Waals surface area (Å²) < 4.78 is 37.9. The van der Waals surface area contributed by atoms with Crippen molar-refractivity contribution in [3.8, 4) is 5.75 Å². The number of hydrogen-bond acceptors (Lipinski definition) is 5. The second kappa shape index (κ2) is 9.91. The average Bonchev–Trinajstić information content (AvgIpc) is 3.26. The third-order valence-electron chi connectivity index (χ3n) is 4.05. The highest BCUT2D eigenvalue weighted by atomic mass is 32.2. The number of sulfonamides is 1. The minimum absolute atomic E-state index is 0.0384. The minimum Gasteiger partial charge on any atom is -0.494 e. The largest absolute Gasteiger partial charge is 0.494 e. The molecule has 8 heteroatoms. The number of carbonyl (C=O) groups is 1. The smallest absolute Gasteiger partial charge is 0.248 e. The summed E-state index contributed by atoms with van der Waals surface area (Å²) in [6.07, 6.45) is 4.52. The van der Waals surface area contributed by atoms with E-state index in [0.29, 0.717) is 18.1 Å². The molecule has 2 aromatic carbocycles. The van der Waals surface area contributed by atoms with E-state index in [1.165, 1.54) is 24.5 Å². The molecule has 0 saturated heterocycles. The number of anilines is 1. The standard InChI is InChI=1S/C22H22N2O5S/c1-2-28-19-11-8-17(9-12-19)10-13-22(25)24-18-5-3-7-21(15-18)30(26,27)23-16-20-6-4-14-29-20/h3-15,23H,2,16H2,1H3,(H,24,25)/b13-10+. The van der Waals surface area contributed by atoms with Gasteiger partial charge in [-0.1, -0.05) is 18.2 Å². The van der Waals surface area contributed by atoms with Gasteiger partial charge in [0.2, 0.25) is 15.9 Å². The molecule has 0 bridgehead atoms. The normalized spacial score (nSPS) is 11.5. The van der Waals surface area contributed by atoms with E-state index < -0.39 is 10.0 Å². The van der Waals surface area contributed by atoms with Gasteiger partial charge in [-0.05, 0) is 61.0 Å². The molecule has 3 rings (SSSR count). The zero-order valence-corrected chi connectivity index (χ0v) is 17.2. The van der Waals surface area contributed by atoms with Crippen LogP contribution in [0, 0.1) is 0 Å². The Balaban J connectivity index is 1.61. The van der Waals surface area contributed by atoms with Crippen LogP contribution in [0.5, 0.6) is 5.75 Å². The molecule has 0 aliphatic heterocycles. The minimum atomic E-state index is -3.75. The lowest BCUT2D eigenvalue weighted by atomic mass is 10.2. The first-order valence-corrected chi connectivity index (χ1v) is 10.8. The van der Waals surface area contributed by atoms with Crippen molar-refractivity contribution in [1.29, 1.82) is 0 Å². The average molecular weight is 426 g/mol. The number of rotatable bonds is 9. The zero-order chi connectivity index (χ0) is 21.4. The van der Waals surface area contributed by atoms with E-state index in [0.717, 1.165) is 11.3 Å². The highest BCUT2D eigenvalue weighted by molar-refractivity contribution is 7.89. The molecular formula is C22H22N2O5S. The van der Waals surface area contributed by atoms with Crippen molar-refractivity contribution in [3.63, 3.8) is 0 Å². The topological polar surface area (TPSA) is 97.6 Å². The third kappa shape index (κ3) is 6.07. The van der Waals surface area contributed by atoms with Gasteiger partial charge in [-0.2, -0.15) is 0 Å². The maximum absolute atomic E-state index is 12.5. The second-order valence-electron chi connectivity index (χ2n) is 6.26. The van der Waals surface area contributed by atoms with E-state index in [1.54, 1.807) is 30.3 Å². The van der Waals surface area contributed by atoms with Gasteiger partial charge in [-0.15, -0.1) is 0 Å². The molecule has 0 radical (unpaired) electrons. The van der Waals surface area contributed by atoms with Gasteiger partial charge in [0.15, 0.2) is 0 Å². The molecule has 0 atom stereocenters. The van der Waals surface area contributed by atoms with Crippen LogP contribution >= 0.6 is 0 Å². The molecular weight excluding hydrogens is 404 g/mol. The van der Waals surface area contributed by atoms with Gasteiger partial charge in [-0.25, -0.2) is 13.1 Å². The fourth-order valence-electron chi connectivity index (χ4n) is 2.60. The Morgan fingerprint density at radius 3 is 2.60 bits per heavy atom. The number of hydrogen-bond donors (Lipinski definition) is 2. The highest BCUT2D eigenvalue weighted by Crippen LogP contribution is 2.17. The molecule has 0 unspecified atom stereocenters. The fraction of sp³-hybridized carbons (Fsp3) is 0.136. The Hall–Kier alpha value is -3.36. The molecule has 156 valence electrons. The number of amides is 1. The van der Waals surface area contributed by atoms with Gasteiger partial charge in [0, 0.05) is 11.8 Å². The maximum atomic E-state index is 12.5. The van der Waals surface area contributed by atoms with Crippen LogP contribution in [0.2, 0.25) is 0 Å². The first kappa shape index (κ1) is 21.4. The first-order chi connectivity index (χ1) is 14.5. The summed E-state index contributed by atoms with van der Waals surface area (Å²) >= 11 is 0. The van der Waals surface area contributed by atoms with Crippen molar-refractivity contribution in [2.45, 2.75) is 18.4 Å². The molecule has 0 aliphatic rings. The van der Waals surface area contributed by atoms with E-state index in [9.17, 15) is 13.2 Å².